The fourth-order valence-electron chi connectivity index (χ4n) is 2.04. The van der Waals surface area contributed by atoms with Crippen molar-refractivity contribution in [1.29, 1.82) is 0 Å². The lowest BCUT2D eigenvalue weighted by molar-refractivity contribution is -0.115. The van der Waals surface area contributed by atoms with E-state index in [1.807, 2.05) is 24.3 Å². The monoisotopic (exact) mass is 422 g/mol. The van der Waals surface area contributed by atoms with Gasteiger partial charge in [-0.25, -0.2) is 4.68 Å². The minimum atomic E-state index is -0.455. The van der Waals surface area contributed by atoms with E-state index in [-0.39, 0.29) is 5.91 Å². The molecule has 1 amide bonds. The Morgan fingerprint density at radius 3 is 2.84 bits per heavy atom. The molecule has 3 rings (SSSR count). The smallest absolute Gasteiger partial charge is 0.240 e. The number of rotatable bonds is 5. The molecule has 0 radical (unpaired) electrons. The largest absolute Gasteiger partial charge is 0.338 e. The predicted molar refractivity (Wildman–Crippen MR) is 98.5 cm³/mol. The third kappa shape index (κ3) is 3.85. The third-order valence-electron chi connectivity index (χ3n) is 3.31. The Morgan fingerprint density at radius 2 is 2.16 bits per heavy atom. The average Bonchev–Trinajstić information content (AvgIpc) is 3.14. The second kappa shape index (κ2) is 7.28. The van der Waals surface area contributed by atoms with E-state index in [0.717, 1.165) is 10.0 Å². The lowest BCUT2D eigenvalue weighted by atomic mass is 10.2. The molecule has 2 heterocycles. The minimum Gasteiger partial charge on any atom is -0.338 e. The van der Waals surface area contributed by atoms with Crippen molar-refractivity contribution in [2.45, 2.75) is 24.3 Å². The third-order valence-corrected chi connectivity index (χ3v) is 5.05. The van der Waals surface area contributed by atoms with E-state index in [1.165, 1.54) is 16.4 Å². The molecule has 8 nitrogen and oxygen atoms in total. The van der Waals surface area contributed by atoms with E-state index in [0.29, 0.717) is 22.6 Å². The number of nitrogens with one attached hydrogen (secondary N) is 1. The summed E-state index contributed by atoms with van der Waals surface area (Å²) in [5, 5.41) is 14.6. The molecule has 1 unspecified atom stereocenters. The van der Waals surface area contributed by atoms with Crippen molar-refractivity contribution in [2.75, 3.05) is 11.2 Å². The molecule has 25 heavy (non-hydrogen) atoms. The number of nitrogens with zero attached hydrogens (tertiary/aromatic N) is 4. The number of aryl methyl sites for hydroxylation is 1. The minimum absolute atomic E-state index is 0.244. The van der Waals surface area contributed by atoms with Crippen LogP contribution in [-0.2, 0) is 4.79 Å². The Labute approximate surface area is 156 Å². The van der Waals surface area contributed by atoms with Crippen molar-refractivity contribution in [3.05, 3.63) is 40.5 Å². The van der Waals surface area contributed by atoms with E-state index >= 15 is 0 Å². The number of carbonyl (C=O) groups excluding carboxylic acids is 1. The summed E-state index contributed by atoms with van der Waals surface area (Å²) in [7, 11) is 0. The van der Waals surface area contributed by atoms with Crippen LogP contribution in [0.15, 0.2) is 44.5 Å². The van der Waals surface area contributed by atoms with Gasteiger partial charge in [-0.15, -0.1) is 10.2 Å². The van der Waals surface area contributed by atoms with Crippen LogP contribution in [0.1, 0.15) is 12.6 Å². The lowest BCUT2D eigenvalue weighted by Crippen LogP contribution is -2.23. The summed E-state index contributed by atoms with van der Waals surface area (Å²) in [6.07, 6.45) is 0. The fraction of sp³-hybridized carbons (Fsp3) is 0.200. The molecule has 3 aromatic rings. The number of nitrogen functional groups attached to an aromatic ring is 1. The number of thioether (sulfide) groups is 1. The van der Waals surface area contributed by atoms with Crippen LogP contribution in [0, 0.1) is 6.92 Å². The lowest BCUT2D eigenvalue weighted by Gasteiger charge is -2.10. The number of halogens is 1. The highest BCUT2D eigenvalue weighted by Gasteiger charge is 2.21. The van der Waals surface area contributed by atoms with Crippen LogP contribution < -0.4 is 11.2 Å². The number of benzene rings is 1. The van der Waals surface area contributed by atoms with Crippen molar-refractivity contribution in [3.8, 4) is 11.4 Å². The van der Waals surface area contributed by atoms with E-state index in [2.05, 4.69) is 36.6 Å². The number of hydrogen-bond acceptors (Lipinski definition) is 7. The maximum Gasteiger partial charge on any atom is 0.240 e. The molecule has 0 fully saturated rings. The number of carbonyl (C=O) groups is 1. The SMILES string of the molecule is Cc1cc(NC(=O)C(C)Sc2nnc(-c3ccccc3Br)n2N)on1. The highest BCUT2D eigenvalue weighted by molar-refractivity contribution is 9.10. The molecular formula is C15H15BrN6O2S. The van der Waals surface area contributed by atoms with Crippen LogP contribution in [0.5, 0.6) is 0 Å². The van der Waals surface area contributed by atoms with Gasteiger partial charge in [-0.05, 0) is 26.0 Å². The molecule has 1 aromatic carbocycles. The van der Waals surface area contributed by atoms with Gasteiger partial charge in [-0.3, -0.25) is 10.1 Å². The first-order valence-corrected chi connectivity index (χ1v) is 8.99. The molecule has 3 N–H and O–H groups in total. The van der Waals surface area contributed by atoms with Crippen LogP contribution in [0.25, 0.3) is 11.4 Å². The summed E-state index contributed by atoms with van der Waals surface area (Å²) in [6, 6.07) is 9.21. The molecule has 0 saturated heterocycles. The Balaban J connectivity index is 1.73. The van der Waals surface area contributed by atoms with Crippen molar-refractivity contribution in [2.24, 2.45) is 0 Å². The van der Waals surface area contributed by atoms with Gasteiger partial charge in [-0.1, -0.05) is 45.0 Å². The predicted octanol–water partition coefficient (Wildman–Crippen LogP) is 2.84. The Hall–Kier alpha value is -2.33. The Morgan fingerprint density at radius 1 is 1.40 bits per heavy atom. The van der Waals surface area contributed by atoms with Crippen LogP contribution >= 0.6 is 27.7 Å². The van der Waals surface area contributed by atoms with Gasteiger partial charge in [0.2, 0.25) is 16.9 Å². The number of hydrogen-bond donors (Lipinski definition) is 2. The molecule has 130 valence electrons. The van der Waals surface area contributed by atoms with E-state index in [4.69, 9.17) is 10.4 Å². The molecule has 10 heteroatoms. The fourth-order valence-corrected chi connectivity index (χ4v) is 3.27. The summed E-state index contributed by atoms with van der Waals surface area (Å²) < 4.78 is 7.21. The van der Waals surface area contributed by atoms with E-state index in [1.54, 1.807) is 19.9 Å². The highest BCUT2D eigenvalue weighted by Crippen LogP contribution is 2.29. The molecular weight excluding hydrogens is 408 g/mol. The van der Waals surface area contributed by atoms with E-state index < -0.39 is 5.25 Å². The summed E-state index contributed by atoms with van der Waals surface area (Å²) in [4.78, 5) is 12.2. The summed E-state index contributed by atoms with van der Waals surface area (Å²) >= 11 is 4.67. The quantitative estimate of drug-likeness (QED) is 0.479. The van der Waals surface area contributed by atoms with Gasteiger partial charge in [-0.2, -0.15) is 0 Å². The molecule has 0 bridgehead atoms. The van der Waals surface area contributed by atoms with E-state index in [9.17, 15) is 4.79 Å². The van der Waals surface area contributed by atoms with Crippen LogP contribution in [0.4, 0.5) is 5.88 Å². The molecule has 0 aliphatic rings. The van der Waals surface area contributed by atoms with Crippen molar-refractivity contribution in [3.63, 3.8) is 0 Å². The zero-order valence-electron chi connectivity index (χ0n) is 13.4. The standard InChI is InChI=1S/C15H15BrN6O2S/c1-8-7-12(24-21-8)18-14(23)9(2)25-15-20-19-13(22(15)17)10-5-3-4-6-11(10)16/h3-7,9H,17H2,1-2H3,(H,18,23). The summed E-state index contributed by atoms with van der Waals surface area (Å²) in [6.45, 7) is 3.52. The summed E-state index contributed by atoms with van der Waals surface area (Å²) in [5.41, 5.74) is 1.51. The maximum atomic E-state index is 12.2. The second-order valence-electron chi connectivity index (χ2n) is 5.24. The molecule has 0 spiro atoms. The van der Waals surface area contributed by atoms with Gasteiger partial charge in [0, 0.05) is 16.1 Å². The molecule has 0 aliphatic heterocycles. The zero-order valence-corrected chi connectivity index (χ0v) is 15.8. The molecule has 0 saturated carbocycles. The van der Waals surface area contributed by atoms with Gasteiger partial charge in [0.15, 0.2) is 5.82 Å². The van der Waals surface area contributed by atoms with Crippen molar-refractivity contribution < 1.29 is 9.32 Å². The first-order valence-electron chi connectivity index (χ1n) is 7.32. The average molecular weight is 423 g/mol. The molecule has 1 atom stereocenters. The topological polar surface area (TPSA) is 112 Å². The van der Waals surface area contributed by atoms with Crippen molar-refractivity contribution >= 4 is 39.5 Å². The van der Waals surface area contributed by atoms with Crippen LogP contribution in [-0.4, -0.2) is 31.2 Å². The number of nitrogens with two attached hydrogens (primary N) is 1. The summed E-state index contributed by atoms with van der Waals surface area (Å²) in [5.74, 6) is 6.67. The van der Waals surface area contributed by atoms with Gasteiger partial charge < -0.3 is 10.4 Å². The maximum absolute atomic E-state index is 12.2. The van der Waals surface area contributed by atoms with Crippen LogP contribution in [0.3, 0.4) is 0 Å². The van der Waals surface area contributed by atoms with Gasteiger partial charge in [0.1, 0.15) is 0 Å². The van der Waals surface area contributed by atoms with Gasteiger partial charge >= 0.3 is 0 Å². The number of amides is 1. The number of anilines is 1. The normalized spacial score (nSPS) is 12.1. The zero-order chi connectivity index (χ0) is 18.0. The second-order valence-corrected chi connectivity index (χ2v) is 7.40. The molecule has 0 aliphatic carbocycles. The number of aromatic nitrogens is 4. The first-order chi connectivity index (χ1) is 12.0. The highest BCUT2D eigenvalue weighted by atomic mass is 79.9. The molecule has 2 aromatic heterocycles. The van der Waals surface area contributed by atoms with Crippen molar-refractivity contribution in [1.82, 2.24) is 20.0 Å². The van der Waals surface area contributed by atoms with Gasteiger partial charge in [0.25, 0.3) is 0 Å². The Kier molecular flexibility index (Phi) is 5.09. The van der Waals surface area contributed by atoms with Crippen LogP contribution in [0.2, 0.25) is 0 Å². The van der Waals surface area contributed by atoms with Gasteiger partial charge in [0.05, 0.1) is 10.9 Å². The Bertz CT molecular complexity index is 909. The first kappa shape index (κ1) is 17.5.